The number of nitrogens with two attached hydrogens (primary N) is 1. The number of hydrogen-bond donors (Lipinski definition) is 2. The summed E-state index contributed by atoms with van der Waals surface area (Å²) in [4.78, 5) is 28.5. The van der Waals surface area contributed by atoms with Gasteiger partial charge in [0.2, 0.25) is 5.91 Å². The Labute approximate surface area is 134 Å². The van der Waals surface area contributed by atoms with Crippen molar-refractivity contribution >= 4 is 22.8 Å². The van der Waals surface area contributed by atoms with Gasteiger partial charge in [-0.25, -0.2) is 9.97 Å². The second-order valence-electron chi connectivity index (χ2n) is 6.54. The number of hydrogen-bond acceptors (Lipinski definition) is 5. The minimum Gasteiger partial charge on any atom is -0.354 e. The molecular weight excluding hydrogens is 292 g/mol. The monoisotopic (exact) mass is 314 g/mol. The number of fused-ring (bicyclic) bond motifs is 1. The molecule has 3 N–H and O–H groups in total. The first kappa shape index (κ1) is 14.4. The van der Waals surface area contributed by atoms with E-state index in [1.54, 1.807) is 6.33 Å². The molecule has 23 heavy (non-hydrogen) atoms. The predicted molar refractivity (Wildman–Crippen MR) is 88.1 cm³/mol. The van der Waals surface area contributed by atoms with Gasteiger partial charge in [-0.3, -0.25) is 4.79 Å². The Bertz CT molecular complexity index is 728. The van der Waals surface area contributed by atoms with Gasteiger partial charge in [-0.1, -0.05) is 0 Å². The van der Waals surface area contributed by atoms with Crippen molar-refractivity contribution in [1.29, 1.82) is 0 Å². The Morgan fingerprint density at radius 1 is 1.30 bits per heavy atom. The van der Waals surface area contributed by atoms with Crippen LogP contribution in [0.2, 0.25) is 0 Å². The number of rotatable bonds is 2. The van der Waals surface area contributed by atoms with Crippen LogP contribution >= 0.6 is 0 Å². The Kier molecular flexibility index (Phi) is 3.45. The number of piperidine rings is 1. The predicted octanol–water partition coefficient (Wildman–Crippen LogP) is 0.878. The van der Waals surface area contributed by atoms with Gasteiger partial charge in [0.25, 0.3) is 0 Å². The Balaban J connectivity index is 1.67. The summed E-state index contributed by atoms with van der Waals surface area (Å²) in [6, 6.07) is 2.02. The zero-order valence-corrected chi connectivity index (χ0v) is 13.2. The first-order valence-electron chi connectivity index (χ1n) is 8.27. The third kappa shape index (κ3) is 2.26. The number of likely N-dealkylation sites (tertiary alicyclic amines) is 1. The third-order valence-corrected chi connectivity index (χ3v) is 5.26. The molecule has 2 fully saturated rings. The number of carbonyl (C=O) groups excluding carboxylic acids is 1. The fourth-order valence-corrected chi connectivity index (χ4v) is 4.27. The van der Waals surface area contributed by atoms with Crippen LogP contribution in [-0.2, 0) is 4.79 Å². The van der Waals surface area contributed by atoms with Crippen LogP contribution in [0.25, 0.3) is 11.0 Å². The van der Waals surface area contributed by atoms with Crippen LogP contribution in [-0.4, -0.2) is 57.5 Å². The van der Waals surface area contributed by atoms with Crippen LogP contribution in [0.3, 0.4) is 0 Å². The van der Waals surface area contributed by atoms with E-state index < -0.39 is 0 Å². The minimum absolute atomic E-state index is 0.0684. The van der Waals surface area contributed by atoms with Gasteiger partial charge in [0, 0.05) is 25.8 Å². The number of carbonyl (C=O) groups is 1. The molecule has 122 valence electrons. The number of nitrogens with zero attached hydrogens (tertiary/aromatic N) is 4. The molecule has 2 aromatic rings. The highest BCUT2D eigenvalue weighted by molar-refractivity contribution is 5.87. The van der Waals surface area contributed by atoms with Crippen LogP contribution in [0.1, 0.15) is 25.7 Å². The van der Waals surface area contributed by atoms with Crippen molar-refractivity contribution in [3.8, 4) is 0 Å². The number of amides is 1. The van der Waals surface area contributed by atoms with Gasteiger partial charge in [0.1, 0.15) is 17.8 Å². The van der Waals surface area contributed by atoms with E-state index in [0.29, 0.717) is 0 Å². The summed E-state index contributed by atoms with van der Waals surface area (Å²) in [5.74, 6) is 1.03. The lowest BCUT2D eigenvalue weighted by Gasteiger charge is -2.46. The molecule has 1 spiro atoms. The lowest BCUT2D eigenvalue weighted by Crippen LogP contribution is -2.58. The maximum Gasteiger partial charge on any atom is 0.236 e. The molecule has 4 rings (SSSR count). The van der Waals surface area contributed by atoms with Crippen molar-refractivity contribution in [2.45, 2.75) is 31.2 Å². The van der Waals surface area contributed by atoms with E-state index in [1.165, 1.54) is 0 Å². The fourth-order valence-electron chi connectivity index (χ4n) is 4.27. The maximum absolute atomic E-state index is 12.3. The summed E-state index contributed by atoms with van der Waals surface area (Å²) in [5.41, 5.74) is 6.39. The first-order valence-corrected chi connectivity index (χ1v) is 8.27. The number of anilines is 1. The molecule has 7 heteroatoms. The summed E-state index contributed by atoms with van der Waals surface area (Å²) in [6.45, 7) is 2.71. The molecule has 2 aliphatic rings. The quantitative estimate of drug-likeness (QED) is 0.858. The van der Waals surface area contributed by atoms with Gasteiger partial charge in [0.05, 0.1) is 17.5 Å². The van der Waals surface area contributed by atoms with Crippen LogP contribution in [0.4, 0.5) is 5.82 Å². The van der Waals surface area contributed by atoms with Crippen molar-refractivity contribution < 1.29 is 4.79 Å². The SMILES string of the molecule is NCC(=O)N1CCCC12CCCN(c1ncnc3[nH]ccc13)C2. The van der Waals surface area contributed by atoms with Crippen molar-refractivity contribution in [2.24, 2.45) is 5.73 Å². The smallest absolute Gasteiger partial charge is 0.236 e. The molecule has 2 saturated heterocycles. The van der Waals surface area contributed by atoms with Gasteiger partial charge < -0.3 is 20.5 Å². The fraction of sp³-hybridized carbons (Fsp3) is 0.562. The van der Waals surface area contributed by atoms with E-state index in [9.17, 15) is 4.79 Å². The molecule has 7 nitrogen and oxygen atoms in total. The van der Waals surface area contributed by atoms with Crippen molar-refractivity contribution in [3.05, 3.63) is 18.6 Å². The van der Waals surface area contributed by atoms with Crippen LogP contribution in [0.15, 0.2) is 18.6 Å². The van der Waals surface area contributed by atoms with Gasteiger partial charge in [0.15, 0.2) is 0 Å². The van der Waals surface area contributed by atoms with E-state index in [4.69, 9.17) is 5.73 Å². The number of aromatic nitrogens is 3. The summed E-state index contributed by atoms with van der Waals surface area (Å²) in [7, 11) is 0. The molecule has 0 radical (unpaired) electrons. The highest BCUT2D eigenvalue weighted by Crippen LogP contribution is 2.39. The molecular formula is C16H22N6O. The molecule has 1 unspecified atom stereocenters. The average Bonchev–Trinajstić information content (AvgIpc) is 3.21. The van der Waals surface area contributed by atoms with E-state index in [-0.39, 0.29) is 18.0 Å². The van der Waals surface area contributed by atoms with Gasteiger partial charge in [-0.2, -0.15) is 0 Å². The molecule has 2 aromatic heterocycles. The zero-order chi connectivity index (χ0) is 15.9. The van der Waals surface area contributed by atoms with E-state index in [2.05, 4.69) is 19.9 Å². The molecule has 2 aliphatic heterocycles. The molecule has 4 heterocycles. The molecule has 0 aromatic carbocycles. The Hall–Kier alpha value is -2.15. The number of aromatic amines is 1. The van der Waals surface area contributed by atoms with Crippen molar-refractivity contribution in [3.63, 3.8) is 0 Å². The molecule has 1 amide bonds. The minimum atomic E-state index is -0.0811. The normalized spacial score (nSPS) is 24.7. The second kappa shape index (κ2) is 5.49. The lowest BCUT2D eigenvalue weighted by atomic mass is 9.86. The van der Waals surface area contributed by atoms with Crippen LogP contribution in [0, 0.1) is 0 Å². The maximum atomic E-state index is 12.3. The van der Waals surface area contributed by atoms with Gasteiger partial charge >= 0.3 is 0 Å². The topological polar surface area (TPSA) is 91.1 Å². The van der Waals surface area contributed by atoms with Crippen LogP contribution in [0.5, 0.6) is 0 Å². The summed E-state index contributed by atoms with van der Waals surface area (Å²) < 4.78 is 0. The molecule has 0 aliphatic carbocycles. The van der Waals surface area contributed by atoms with Crippen molar-refractivity contribution in [1.82, 2.24) is 19.9 Å². The molecule has 1 atom stereocenters. The third-order valence-electron chi connectivity index (χ3n) is 5.26. The van der Waals surface area contributed by atoms with Crippen LogP contribution < -0.4 is 10.6 Å². The average molecular weight is 314 g/mol. The summed E-state index contributed by atoms with van der Waals surface area (Å²) in [6.07, 6.45) is 7.72. The molecule has 0 bridgehead atoms. The highest BCUT2D eigenvalue weighted by Gasteiger charge is 2.46. The highest BCUT2D eigenvalue weighted by atomic mass is 16.2. The van der Waals surface area contributed by atoms with E-state index in [1.807, 2.05) is 17.2 Å². The number of H-pyrrole nitrogens is 1. The number of nitrogens with one attached hydrogen (secondary N) is 1. The second-order valence-corrected chi connectivity index (χ2v) is 6.54. The standard InChI is InChI=1S/C16H22N6O/c17-9-13(23)22-8-2-5-16(22)4-1-7-21(10-16)15-12-3-6-18-14(12)19-11-20-15/h3,6,11H,1-2,4-5,7-10,17H2,(H,18,19,20). The van der Waals surface area contributed by atoms with E-state index in [0.717, 1.165) is 62.2 Å². The Morgan fingerprint density at radius 2 is 2.13 bits per heavy atom. The van der Waals surface area contributed by atoms with E-state index >= 15 is 0 Å². The largest absolute Gasteiger partial charge is 0.354 e. The summed E-state index contributed by atoms with van der Waals surface area (Å²) >= 11 is 0. The summed E-state index contributed by atoms with van der Waals surface area (Å²) in [5, 5.41) is 1.04. The zero-order valence-electron chi connectivity index (χ0n) is 13.2. The van der Waals surface area contributed by atoms with Gasteiger partial charge in [-0.05, 0) is 31.7 Å². The molecule has 0 saturated carbocycles. The lowest BCUT2D eigenvalue weighted by molar-refractivity contribution is -0.134. The van der Waals surface area contributed by atoms with Gasteiger partial charge in [-0.15, -0.1) is 0 Å². The van der Waals surface area contributed by atoms with Crippen molar-refractivity contribution in [2.75, 3.05) is 31.1 Å². The first-order chi connectivity index (χ1) is 11.2. The Morgan fingerprint density at radius 3 is 2.96 bits per heavy atom.